The molecule has 0 aliphatic rings. The first-order chi connectivity index (χ1) is 9.91. The Kier molecular flexibility index (Phi) is 4.92. The largest absolute Gasteiger partial charge is 0.337 e. The van der Waals surface area contributed by atoms with Gasteiger partial charge in [-0.3, -0.25) is 0 Å². The van der Waals surface area contributed by atoms with E-state index in [1.165, 1.54) is 0 Å². The Bertz CT molecular complexity index is 642. The Balaban J connectivity index is 2.16. The van der Waals surface area contributed by atoms with E-state index in [0.29, 0.717) is 16.5 Å². The summed E-state index contributed by atoms with van der Waals surface area (Å²) in [5.41, 5.74) is 0.784. The zero-order chi connectivity index (χ0) is 15.5. The molecule has 0 amide bonds. The van der Waals surface area contributed by atoms with Gasteiger partial charge in [0.2, 0.25) is 0 Å². The van der Waals surface area contributed by atoms with Crippen LogP contribution >= 0.6 is 23.2 Å². The number of hydrogen-bond donors (Lipinski definition) is 0. The normalized spacial score (nSPS) is 12.9. The van der Waals surface area contributed by atoms with Crippen LogP contribution in [0.25, 0.3) is 0 Å². The standard InChI is InChI=1S/C16H17Cl2N3/c1-16(2,10-21-6-5-20-11-21)8-12(9-19)14-4-3-13(17)7-15(14)18/h3-7,11-12H,8,10H2,1-2H3. The number of hydrogen-bond acceptors (Lipinski definition) is 2. The molecule has 5 heteroatoms. The van der Waals surface area contributed by atoms with Crippen LogP contribution in [0.3, 0.4) is 0 Å². The van der Waals surface area contributed by atoms with Crippen LogP contribution in [0.1, 0.15) is 31.7 Å². The molecule has 2 rings (SSSR count). The summed E-state index contributed by atoms with van der Waals surface area (Å²) in [5.74, 6) is -0.256. The lowest BCUT2D eigenvalue weighted by Crippen LogP contribution is -2.21. The molecule has 2 aromatic rings. The van der Waals surface area contributed by atoms with E-state index in [-0.39, 0.29) is 11.3 Å². The van der Waals surface area contributed by atoms with Crippen molar-refractivity contribution in [3.63, 3.8) is 0 Å². The Morgan fingerprint density at radius 2 is 2.14 bits per heavy atom. The van der Waals surface area contributed by atoms with Crippen LogP contribution in [-0.2, 0) is 6.54 Å². The number of benzene rings is 1. The van der Waals surface area contributed by atoms with Crippen LogP contribution in [0.15, 0.2) is 36.9 Å². The van der Waals surface area contributed by atoms with E-state index >= 15 is 0 Å². The Morgan fingerprint density at radius 3 is 2.71 bits per heavy atom. The molecule has 0 fully saturated rings. The monoisotopic (exact) mass is 321 g/mol. The van der Waals surface area contributed by atoms with Crippen LogP contribution < -0.4 is 0 Å². The van der Waals surface area contributed by atoms with Gasteiger partial charge in [-0.25, -0.2) is 4.98 Å². The van der Waals surface area contributed by atoms with Gasteiger partial charge in [0.05, 0.1) is 18.3 Å². The number of halogens is 2. The van der Waals surface area contributed by atoms with Crippen LogP contribution in [0.4, 0.5) is 0 Å². The summed E-state index contributed by atoms with van der Waals surface area (Å²) in [4.78, 5) is 4.05. The summed E-state index contributed by atoms with van der Waals surface area (Å²) in [6, 6.07) is 7.66. The lowest BCUT2D eigenvalue weighted by Gasteiger charge is -2.27. The molecule has 0 spiro atoms. The Labute approximate surface area is 135 Å². The molecule has 1 unspecified atom stereocenters. The fourth-order valence-corrected chi connectivity index (χ4v) is 3.04. The molecule has 1 aromatic carbocycles. The van der Waals surface area contributed by atoms with Crippen molar-refractivity contribution in [3.05, 3.63) is 52.5 Å². The zero-order valence-corrected chi connectivity index (χ0v) is 13.6. The van der Waals surface area contributed by atoms with Gasteiger partial charge in [0.25, 0.3) is 0 Å². The highest BCUT2D eigenvalue weighted by Crippen LogP contribution is 2.36. The average molecular weight is 322 g/mol. The molecule has 0 radical (unpaired) electrons. The van der Waals surface area contributed by atoms with Crippen LogP contribution in [-0.4, -0.2) is 9.55 Å². The van der Waals surface area contributed by atoms with Gasteiger partial charge in [0.1, 0.15) is 0 Å². The quantitative estimate of drug-likeness (QED) is 0.784. The van der Waals surface area contributed by atoms with Gasteiger partial charge >= 0.3 is 0 Å². The maximum absolute atomic E-state index is 9.50. The molecular weight excluding hydrogens is 305 g/mol. The van der Waals surface area contributed by atoms with E-state index in [1.54, 1.807) is 24.7 Å². The maximum Gasteiger partial charge on any atom is 0.0946 e. The third kappa shape index (κ3) is 4.23. The van der Waals surface area contributed by atoms with E-state index in [0.717, 1.165) is 12.1 Å². The first kappa shape index (κ1) is 15.9. The maximum atomic E-state index is 9.50. The minimum Gasteiger partial charge on any atom is -0.337 e. The fraction of sp³-hybridized carbons (Fsp3) is 0.375. The van der Waals surface area contributed by atoms with E-state index in [4.69, 9.17) is 23.2 Å². The molecule has 110 valence electrons. The number of imidazole rings is 1. The first-order valence-electron chi connectivity index (χ1n) is 6.71. The second kappa shape index (κ2) is 6.51. The van der Waals surface area contributed by atoms with Gasteiger partial charge in [-0.2, -0.15) is 5.26 Å². The van der Waals surface area contributed by atoms with Gasteiger partial charge in [-0.15, -0.1) is 0 Å². The van der Waals surface area contributed by atoms with Crippen molar-refractivity contribution < 1.29 is 0 Å². The van der Waals surface area contributed by atoms with Crippen molar-refractivity contribution in [2.45, 2.75) is 32.7 Å². The molecule has 1 heterocycles. The average Bonchev–Trinajstić information content (AvgIpc) is 2.88. The highest BCUT2D eigenvalue weighted by Gasteiger charge is 2.26. The smallest absolute Gasteiger partial charge is 0.0946 e. The minimum atomic E-state index is -0.256. The lowest BCUT2D eigenvalue weighted by atomic mass is 9.80. The number of nitrogens with zero attached hydrogens (tertiary/aromatic N) is 3. The molecule has 0 aliphatic heterocycles. The minimum absolute atomic E-state index is 0.0515. The van der Waals surface area contributed by atoms with Crippen molar-refractivity contribution >= 4 is 23.2 Å². The first-order valence-corrected chi connectivity index (χ1v) is 7.47. The van der Waals surface area contributed by atoms with Crippen molar-refractivity contribution in [1.29, 1.82) is 5.26 Å². The molecule has 1 atom stereocenters. The molecule has 1 aromatic heterocycles. The summed E-state index contributed by atoms with van der Waals surface area (Å²) < 4.78 is 2.03. The molecule has 21 heavy (non-hydrogen) atoms. The van der Waals surface area contributed by atoms with E-state index in [1.807, 2.05) is 16.8 Å². The van der Waals surface area contributed by atoms with Crippen molar-refractivity contribution in [2.24, 2.45) is 5.41 Å². The zero-order valence-electron chi connectivity index (χ0n) is 12.1. The molecule has 0 bridgehead atoms. The number of aromatic nitrogens is 2. The molecule has 0 aliphatic carbocycles. The molecule has 0 saturated carbocycles. The van der Waals surface area contributed by atoms with Crippen LogP contribution in [0, 0.1) is 16.7 Å². The third-order valence-corrected chi connectivity index (χ3v) is 3.98. The number of nitriles is 1. The Hall–Kier alpha value is -1.50. The highest BCUT2D eigenvalue weighted by molar-refractivity contribution is 6.35. The van der Waals surface area contributed by atoms with E-state index < -0.39 is 0 Å². The summed E-state index contributed by atoms with van der Waals surface area (Å²) in [5, 5.41) is 10.6. The molecular formula is C16H17Cl2N3. The summed E-state index contributed by atoms with van der Waals surface area (Å²) in [6.07, 6.45) is 6.19. The predicted molar refractivity (Wildman–Crippen MR) is 85.4 cm³/mol. The lowest BCUT2D eigenvalue weighted by molar-refractivity contribution is 0.272. The molecule has 0 N–H and O–H groups in total. The van der Waals surface area contributed by atoms with Crippen LogP contribution in [0.5, 0.6) is 0 Å². The number of rotatable bonds is 5. The third-order valence-electron chi connectivity index (χ3n) is 3.42. The second-order valence-electron chi connectivity index (χ2n) is 5.95. The van der Waals surface area contributed by atoms with E-state index in [9.17, 15) is 5.26 Å². The Morgan fingerprint density at radius 1 is 1.38 bits per heavy atom. The van der Waals surface area contributed by atoms with Crippen molar-refractivity contribution in [2.75, 3.05) is 0 Å². The van der Waals surface area contributed by atoms with Gasteiger partial charge in [-0.1, -0.05) is 43.1 Å². The molecule has 0 saturated heterocycles. The van der Waals surface area contributed by atoms with Crippen molar-refractivity contribution in [3.8, 4) is 6.07 Å². The highest BCUT2D eigenvalue weighted by atomic mass is 35.5. The predicted octanol–water partition coefficient (Wildman–Crippen LogP) is 4.91. The second-order valence-corrected chi connectivity index (χ2v) is 6.79. The SMILES string of the molecule is CC(C)(CC(C#N)c1ccc(Cl)cc1Cl)Cn1ccnc1. The summed E-state index contributed by atoms with van der Waals surface area (Å²) >= 11 is 12.1. The molecule has 3 nitrogen and oxygen atoms in total. The van der Waals surface area contributed by atoms with Gasteiger partial charge in [-0.05, 0) is 29.5 Å². The van der Waals surface area contributed by atoms with E-state index in [2.05, 4.69) is 24.9 Å². The summed E-state index contributed by atoms with van der Waals surface area (Å²) in [7, 11) is 0. The van der Waals surface area contributed by atoms with Gasteiger partial charge < -0.3 is 4.57 Å². The van der Waals surface area contributed by atoms with Crippen LogP contribution in [0.2, 0.25) is 10.0 Å². The van der Waals surface area contributed by atoms with Gasteiger partial charge in [0.15, 0.2) is 0 Å². The topological polar surface area (TPSA) is 41.6 Å². The summed E-state index contributed by atoms with van der Waals surface area (Å²) in [6.45, 7) is 5.08. The van der Waals surface area contributed by atoms with Gasteiger partial charge in [0, 0.05) is 29.0 Å². The fourth-order valence-electron chi connectivity index (χ4n) is 2.50. The van der Waals surface area contributed by atoms with Crippen molar-refractivity contribution in [1.82, 2.24) is 9.55 Å².